The second-order valence-corrected chi connectivity index (χ2v) is 1.62. The van der Waals surface area contributed by atoms with Gasteiger partial charge in [0.1, 0.15) is 0 Å². The Labute approximate surface area is 55.7 Å². The first-order valence-electron chi connectivity index (χ1n) is 2.73. The summed E-state index contributed by atoms with van der Waals surface area (Å²) in [6.45, 7) is 3.46. The molecule has 48 valence electrons. The Kier molecular flexibility index (Phi) is 4.57. The molecule has 1 heteroatoms. The van der Waals surface area contributed by atoms with Crippen LogP contribution in [-0.2, 0) is 0 Å². The van der Waals surface area contributed by atoms with Crippen LogP contribution in [0.4, 0.5) is 0 Å². The minimum atomic E-state index is -0.474. The van der Waals surface area contributed by atoms with Gasteiger partial charge in [0.2, 0.25) is 0 Å². The topological polar surface area (TPSA) is 20.2 Å². The molecule has 0 aromatic heterocycles. The number of hydrogen-bond donors (Lipinski definition) is 1. The van der Waals surface area contributed by atoms with Gasteiger partial charge in [-0.05, 0) is 18.6 Å². The molecule has 0 bridgehead atoms. The summed E-state index contributed by atoms with van der Waals surface area (Å²) in [4.78, 5) is 0. The molecule has 9 heavy (non-hydrogen) atoms. The number of rotatable bonds is 3. The third kappa shape index (κ3) is 4.86. The van der Waals surface area contributed by atoms with Crippen LogP contribution in [0.2, 0.25) is 0 Å². The van der Waals surface area contributed by atoms with Crippen molar-refractivity contribution >= 4 is 0 Å². The van der Waals surface area contributed by atoms with Crippen LogP contribution in [0.25, 0.3) is 0 Å². The number of aliphatic hydroxyl groups excluding tert-OH is 1. The summed E-state index contributed by atoms with van der Waals surface area (Å²) in [6.07, 6.45) is 9.66. The summed E-state index contributed by atoms with van der Waals surface area (Å²) in [5.74, 6) is 2.28. The first kappa shape index (κ1) is 8.00. The van der Waals surface area contributed by atoms with Crippen molar-refractivity contribution in [2.75, 3.05) is 0 Å². The van der Waals surface area contributed by atoms with E-state index in [1.807, 2.05) is 0 Å². The zero-order chi connectivity index (χ0) is 7.11. The zero-order valence-electron chi connectivity index (χ0n) is 5.25. The normalized spacial score (nSPS) is 12.9. The number of terminal acetylenes is 1. The fraction of sp³-hybridized carbons (Fsp3) is 0.250. The van der Waals surface area contributed by atoms with E-state index < -0.39 is 6.10 Å². The van der Waals surface area contributed by atoms with Crippen LogP contribution >= 0.6 is 0 Å². The van der Waals surface area contributed by atoms with Crippen molar-refractivity contribution in [1.29, 1.82) is 0 Å². The second kappa shape index (κ2) is 5.14. The molecule has 0 saturated carbocycles. The van der Waals surface area contributed by atoms with Crippen molar-refractivity contribution < 1.29 is 5.11 Å². The lowest BCUT2D eigenvalue weighted by molar-refractivity contribution is 0.227. The van der Waals surface area contributed by atoms with Gasteiger partial charge in [-0.15, -0.1) is 13.0 Å². The second-order valence-electron chi connectivity index (χ2n) is 1.62. The van der Waals surface area contributed by atoms with Crippen LogP contribution in [0.1, 0.15) is 6.42 Å². The monoisotopic (exact) mass is 122 g/mol. The van der Waals surface area contributed by atoms with Crippen molar-refractivity contribution in [2.45, 2.75) is 12.5 Å². The lowest BCUT2D eigenvalue weighted by atomic mass is 10.2. The molecule has 0 saturated heterocycles. The summed E-state index contributed by atoms with van der Waals surface area (Å²) in [6, 6.07) is 0. The summed E-state index contributed by atoms with van der Waals surface area (Å²) < 4.78 is 0. The molecular formula is C8H10O. The molecule has 0 aromatic carbocycles. The Morgan fingerprint density at radius 3 is 2.89 bits per heavy atom. The fourth-order valence-corrected chi connectivity index (χ4v) is 0.416. The minimum absolute atomic E-state index is 0.474. The van der Waals surface area contributed by atoms with Crippen LogP contribution in [0.15, 0.2) is 24.8 Å². The molecule has 1 nitrogen and oxygen atoms in total. The summed E-state index contributed by atoms with van der Waals surface area (Å²) in [5.41, 5.74) is 0. The zero-order valence-corrected chi connectivity index (χ0v) is 5.25. The fourth-order valence-electron chi connectivity index (χ4n) is 0.416. The van der Waals surface area contributed by atoms with Crippen LogP contribution in [0.3, 0.4) is 0 Å². The molecule has 1 unspecified atom stereocenters. The number of allylic oxidation sites excluding steroid dienone is 1. The van der Waals surface area contributed by atoms with Crippen molar-refractivity contribution in [3.63, 3.8) is 0 Å². The third-order valence-electron chi connectivity index (χ3n) is 0.823. The molecule has 1 atom stereocenters. The van der Waals surface area contributed by atoms with E-state index in [1.54, 1.807) is 12.2 Å². The highest BCUT2D eigenvalue weighted by molar-refractivity contribution is 5.10. The molecule has 0 aromatic rings. The highest BCUT2D eigenvalue weighted by Gasteiger charge is 1.90. The van der Waals surface area contributed by atoms with Gasteiger partial charge in [-0.3, -0.25) is 0 Å². The summed E-state index contributed by atoms with van der Waals surface area (Å²) in [7, 11) is 0. The van der Waals surface area contributed by atoms with E-state index in [1.165, 1.54) is 6.08 Å². The molecule has 0 aliphatic rings. The van der Waals surface area contributed by atoms with Gasteiger partial charge in [0.25, 0.3) is 0 Å². The lowest BCUT2D eigenvalue weighted by Gasteiger charge is -1.96. The van der Waals surface area contributed by atoms with Crippen LogP contribution in [0.5, 0.6) is 0 Å². The van der Waals surface area contributed by atoms with E-state index in [2.05, 4.69) is 12.5 Å². The van der Waals surface area contributed by atoms with E-state index in [0.29, 0.717) is 6.42 Å². The predicted molar refractivity (Wildman–Crippen MR) is 38.8 cm³/mol. The molecule has 1 N–H and O–H groups in total. The first-order chi connectivity index (χ1) is 4.31. The Hall–Kier alpha value is -1.00. The van der Waals surface area contributed by atoms with Crippen molar-refractivity contribution in [3.8, 4) is 12.3 Å². The Morgan fingerprint density at radius 2 is 2.44 bits per heavy atom. The van der Waals surface area contributed by atoms with Gasteiger partial charge in [-0.2, -0.15) is 0 Å². The van der Waals surface area contributed by atoms with E-state index >= 15 is 0 Å². The van der Waals surface area contributed by atoms with Crippen LogP contribution < -0.4 is 0 Å². The van der Waals surface area contributed by atoms with Gasteiger partial charge in [0.05, 0.1) is 6.10 Å². The molecule has 0 rings (SSSR count). The van der Waals surface area contributed by atoms with E-state index in [9.17, 15) is 0 Å². The molecule has 0 spiro atoms. The molecular weight excluding hydrogens is 112 g/mol. The van der Waals surface area contributed by atoms with Crippen molar-refractivity contribution in [3.05, 3.63) is 24.8 Å². The predicted octanol–water partition coefficient (Wildman–Crippen LogP) is 1.11. The van der Waals surface area contributed by atoms with Gasteiger partial charge in [-0.1, -0.05) is 12.0 Å². The summed E-state index contributed by atoms with van der Waals surface area (Å²) in [5, 5.41) is 8.93. The van der Waals surface area contributed by atoms with Gasteiger partial charge >= 0.3 is 0 Å². The van der Waals surface area contributed by atoms with Crippen LogP contribution in [0, 0.1) is 12.3 Å². The van der Waals surface area contributed by atoms with Gasteiger partial charge < -0.3 is 5.11 Å². The molecule has 0 radical (unpaired) electrons. The molecule has 0 fully saturated rings. The van der Waals surface area contributed by atoms with Gasteiger partial charge in [0, 0.05) is 0 Å². The quantitative estimate of drug-likeness (QED) is 0.439. The molecule has 0 aliphatic heterocycles. The standard InChI is InChI=1S/C8H10O/c1-3-5-7-8(9)6-4-2/h1,4-5,7-9H,2,6H2/b7-5-. The van der Waals surface area contributed by atoms with Gasteiger partial charge in [-0.25, -0.2) is 0 Å². The van der Waals surface area contributed by atoms with E-state index in [0.717, 1.165) is 0 Å². The Morgan fingerprint density at radius 1 is 1.78 bits per heavy atom. The maximum atomic E-state index is 8.93. The highest BCUT2D eigenvalue weighted by atomic mass is 16.3. The minimum Gasteiger partial charge on any atom is -0.389 e. The maximum absolute atomic E-state index is 8.93. The highest BCUT2D eigenvalue weighted by Crippen LogP contribution is 1.92. The van der Waals surface area contributed by atoms with Crippen molar-refractivity contribution in [1.82, 2.24) is 0 Å². The third-order valence-corrected chi connectivity index (χ3v) is 0.823. The van der Waals surface area contributed by atoms with E-state index in [4.69, 9.17) is 11.5 Å². The average Bonchev–Trinajstić information content (AvgIpc) is 1.85. The maximum Gasteiger partial charge on any atom is 0.0764 e. The SMILES string of the molecule is C#C/C=C\C(O)CC=C. The molecule has 0 aliphatic carbocycles. The molecule has 0 amide bonds. The van der Waals surface area contributed by atoms with Gasteiger partial charge in [0.15, 0.2) is 0 Å². The number of aliphatic hydroxyl groups is 1. The Balaban J connectivity index is 3.51. The Bertz CT molecular complexity index is 139. The first-order valence-corrected chi connectivity index (χ1v) is 2.73. The lowest BCUT2D eigenvalue weighted by Crippen LogP contribution is -1.98. The number of hydrogen-bond acceptors (Lipinski definition) is 1. The van der Waals surface area contributed by atoms with E-state index in [-0.39, 0.29) is 0 Å². The van der Waals surface area contributed by atoms with Crippen LogP contribution in [-0.4, -0.2) is 11.2 Å². The summed E-state index contributed by atoms with van der Waals surface area (Å²) >= 11 is 0. The van der Waals surface area contributed by atoms with Crippen molar-refractivity contribution in [2.24, 2.45) is 0 Å². The molecule has 0 heterocycles. The average molecular weight is 122 g/mol. The largest absolute Gasteiger partial charge is 0.389 e. The smallest absolute Gasteiger partial charge is 0.0764 e.